The summed E-state index contributed by atoms with van der Waals surface area (Å²) in [7, 11) is 0. The molecule has 1 rings (SSSR count). The van der Waals surface area contributed by atoms with E-state index in [0.717, 1.165) is 31.5 Å². The number of hydrogen-bond acceptors (Lipinski definition) is 2. The summed E-state index contributed by atoms with van der Waals surface area (Å²) >= 11 is 0. The van der Waals surface area contributed by atoms with E-state index in [2.05, 4.69) is 25.7 Å². The molecule has 3 heteroatoms. The smallest absolute Gasteiger partial charge is 0.0918 e. The zero-order chi connectivity index (χ0) is 12.8. The Morgan fingerprint density at radius 1 is 1.29 bits per heavy atom. The fourth-order valence-corrected chi connectivity index (χ4v) is 2.76. The van der Waals surface area contributed by atoms with Gasteiger partial charge in [0, 0.05) is 25.6 Å². The molecule has 0 aliphatic heterocycles. The summed E-state index contributed by atoms with van der Waals surface area (Å²) < 4.78 is 0. The van der Waals surface area contributed by atoms with Gasteiger partial charge in [-0.05, 0) is 37.5 Å². The maximum absolute atomic E-state index is 7.37. The molecule has 0 spiro atoms. The number of nitrogens with one attached hydrogen (secondary N) is 1. The normalized spacial score (nSPS) is 25.5. The van der Waals surface area contributed by atoms with Crippen LogP contribution in [0.5, 0.6) is 0 Å². The van der Waals surface area contributed by atoms with Gasteiger partial charge < -0.3 is 5.73 Å². The summed E-state index contributed by atoms with van der Waals surface area (Å²) in [5.74, 6) is 1.92. The van der Waals surface area contributed by atoms with E-state index in [0.29, 0.717) is 11.8 Å². The molecule has 0 aromatic carbocycles. The highest BCUT2D eigenvalue weighted by Gasteiger charge is 2.24. The van der Waals surface area contributed by atoms with Crippen LogP contribution in [0.2, 0.25) is 0 Å². The predicted molar refractivity (Wildman–Crippen MR) is 74.4 cm³/mol. The Morgan fingerprint density at radius 2 is 1.88 bits per heavy atom. The van der Waals surface area contributed by atoms with Crippen molar-refractivity contribution < 1.29 is 0 Å². The lowest BCUT2D eigenvalue weighted by Crippen LogP contribution is -2.41. The van der Waals surface area contributed by atoms with Crippen LogP contribution in [-0.4, -0.2) is 29.9 Å². The summed E-state index contributed by atoms with van der Waals surface area (Å²) in [6.45, 7) is 9.01. The Morgan fingerprint density at radius 3 is 2.35 bits per heavy atom. The second-order valence-electron chi connectivity index (χ2n) is 6.08. The van der Waals surface area contributed by atoms with E-state index in [1.54, 1.807) is 0 Å². The minimum Gasteiger partial charge on any atom is -0.388 e. The van der Waals surface area contributed by atoms with Crippen LogP contribution in [-0.2, 0) is 0 Å². The Labute approximate surface area is 106 Å². The third-order valence-electron chi connectivity index (χ3n) is 3.77. The molecule has 3 nitrogen and oxygen atoms in total. The summed E-state index contributed by atoms with van der Waals surface area (Å²) in [5.41, 5.74) is 5.48. The Hall–Kier alpha value is -0.570. The highest BCUT2D eigenvalue weighted by atomic mass is 15.2. The molecule has 1 fully saturated rings. The first-order chi connectivity index (χ1) is 7.99. The average molecular weight is 239 g/mol. The van der Waals surface area contributed by atoms with Gasteiger partial charge in [-0.1, -0.05) is 20.8 Å². The standard InChI is InChI=1S/C14H29N3/c1-11(2)10-17(9-8-14(15)16)13-6-4-12(3)5-7-13/h11-13H,4-10H2,1-3H3,(H3,15,16). The summed E-state index contributed by atoms with van der Waals surface area (Å²) in [4.78, 5) is 2.57. The zero-order valence-electron chi connectivity index (χ0n) is 11.7. The van der Waals surface area contributed by atoms with Crippen molar-refractivity contribution in [3.63, 3.8) is 0 Å². The van der Waals surface area contributed by atoms with Crippen molar-refractivity contribution in [2.24, 2.45) is 17.6 Å². The molecule has 1 aliphatic carbocycles. The van der Waals surface area contributed by atoms with Crippen LogP contribution in [0.15, 0.2) is 0 Å². The minimum absolute atomic E-state index is 0.322. The molecule has 1 saturated carbocycles. The fourth-order valence-electron chi connectivity index (χ4n) is 2.76. The molecule has 0 atom stereocenters. The molecule has 0 radical (unpaired) electrons. The topological polar surface area (TPSA) is 53.1 Å². The number of rotatable bonds is 6. The summed E-state index contributed by atoms with van der Waals surface area (Å²) in [6.07, 6.45) is 6.09. The molecular weight excluding hydrogens is 210 g/mol. The second-order valence-corrected chi connectivity index (χ2v) is 6.08. The van der Waals surface area contributed by atoms with Crippen LogP contribution in [0.25, 0.3) is 0 Å². The van der Waals surface area contributed by atoms with Gasteiger partial charge >= 0.3 is 0 Å². The first-order valence-electron chi connectivity index (χ1n) is 7.06. The summed E-state index contributed by atoms with van der Waals surface area (Å²) in [5, 5.41) is 7.37. The number of nitrogens with zero attached hydrogens (tertiary/aromatic N) is 1. The van der Waals surface area contributed by atoms with Gasteiger partial charge in [0.15, 0.2) is 0 Å². The van der Waals surface area contributed by atoms with Gasteiger partial charge in [0.2, 0.25) is 0 Å². The quantitative estimate of drug-likeness (QED) is 0.553. The van der Waals surface area contributed by atoms with E-state index in [4.69, 9.17) is 11.1 Å². The van der Waals surface area contributed by atoms with E-state index in [1.165, 1.54) is 25.7 Å². The molecule has 0 unspecified atom stereocenters. The molecule has 100 valence electrons. The van der Waals surface area contributed by atoms with Gasteiger partial charge in [0.1, 0.15) is 0 Å². The molecule has 0 heterocycles. The van der Waals surface area contributed by atoms with Crippen molar-refractivity contribution in [1.82, 2.24) is 4.90 Å². The lowest BCUT2D eigenvalue weighted by molar-refractivity contribution is 0.129. The lowest BCUT2D eigenvalue weighted by atomic mass is 9.86. The van der Waals surface area contributed by atoms with Gasteiger partial charge in [-0.3, -0.25) is 10.3 Å². The van der Waals surface area contributed by atoms with Crippen molar-refractivity contribution in [3.8, 4) is 0 Å². The Kier molecular flexibility index (Phi) is 5.96. The number of nitrogens with two attached hydrogens (primary N) is 1. The first kappa shape index (κ1) is 14.5. The maximum Gasteiger partial charge on any atom is 0.0918 e. The highest BCUT2D eigenvalue weighted by Crippen LogP contribution is 2.27. The van der Waals surface area contributed by atoms with Crippen LogP contribution in [0.4, 0.5) is 0 Å². The Bertz CT molecular complexity index is 230. The van der Waals surface area contributed by atoms with E-state index in [1.807, 2.05) is 0 Å². The molecule has 0 amide bonds. The maximum atomic E-state index is 7.37. The van der Waals surface area contributed by atoms with Crippen molar-refractivity contribution in [1.29, 1.82) is 5.41 Å². The van der Waals surface area contributed by atoms with E-state index in [-0.39, 0.29) is 0 Å². The van der Waals surface area contributed by atoms with Crippen molar-refractivity contribution in [2.75, 3.05) is 13.1 Å². The van der Waals surface area contributed by atoms with Crippen LogP contribution in [0.3, 0.4) is 0 Å². The molecule has 17 heavy (non-hydrogen) atoms. The summed E-state index contributed by atoms with van der Waals surface area (Å²) in [6, 6.07) is 0.730. The third kappa shape index (κ3) is 5.53. The van der Waals surface area contributed by atoms with E-state index < -0.39 is 0 Å². The SMILES string of the molecule is CC(C)CN(CCC(=N)N)C1CCC(C)CC1. The van der Waals surface area contributed by atoms with Gasteiger partial charge in [-0.25, -0.2) is 0 Å². The van der Waals surface area contributed by atoms with Gasteiger partial charge in [0.05, 0.1) is 5.84 Å². The molecule has 0 saturated heterocycles. The lowest BCUT2D eigenvalue weighted by Gasteiger charge is -2.37. The molecular formula is C14H29N3. The number of hydrogen-bond donors (Lipinski definition) is 2. The monoisotopic (exact) mass is 239 g/mol. The van der Waals surface area contributed by atoms with Gasteiger partial charge in [-0.2, -0.15) is 0 Å². The predicted octanol–water partition coefficient (Wildman–Crippen LogP) is 2.85. The second kappa shape index (κ2) is 7.00. The van der Waals surface area contributed by atoms with Crippen LogP contribution in [0.1, 0.15) is 52.9 Å². The largest absolute Gasteiger partial charge is 0.388 e. The minimum atomic E-state index is 0.322. The van der Waals surface area contributed by atoms with Crippen molar-refractivity contribution in [2.45, 2.75) is 58.9 Å². The van der Waals surface area contributed by atoms with Crippen molar-refractivity contribution in [3.05, 3.63) is 0 Å². The van der Waals surface area contributed by atoms with E-state index >= 15 is 0 Å². The number of amidine groups is 1. The van der Waals surface area contributed by atoms with Crippen LogP contribution < -0.4 is 5.73 Å². The van der Waals surface area contributed by atoms with Gasteiger partial charge in [-0.15, -0.1) is 0 Å². The average Bonchev–Trinajstić information content (AvgIpc) is 2.25. The molecule has 0 bridgehead atoms. The van der Waals surface area contributed by atoms with Crippen molar-refractivity contribution >= 4 is 5.84 Å². The fraction of sp³-hybridized carbons (Fsp3) is 0.929. The molecule has 3 N–H and O–H groups in total. The Balaban J connectivity index is 2.46. The highest BCUT2D eigenvalue weighted by molar-refractivity contribution is 5.76. The third-order valence-corrected chi connectivity index (χ3v) is 3.77. The van der Waals surface area contributed by atoms with E-state index in [9.17, 15) is 0 Å². The molecule has 1 aliphatic rings. The zero-order valence-corrected chi connectivity index (χ0v) is 11.7. The first-order valence-corrected chi connectivity index (χ1v) is 7.06. The molecule has 0 aromatic rings. The molecule has 0 aromatic heterocycles. The van der Waals surface area contributed by atoms with Crippen LogP contribution in [0, 0.1) is 17.2 Å². The van der Waals surface area contributed by atoms with Gasteiger partial charge in [0.25, 0.3) is 0 Å². The van der Waals surface area contributed by atoms with Crippen LogP contribution >= 0.6 is 0 Å².